The zero-order chi connectivity index (χ0) is 10.2. The van der Waals surface area contributed by atoms with Gasteiger partial charge in [-0.2, -0.15) is 0 Å². The van der Waals surface area contributed by atoms with E-state index in [1.807, 2.05) is 0 Å². The summed E-state index contributed by atoms with van der Waals surface area (Å²) in [5, 5.41) is 8.42. The summed E-state index contributed by atoms with van der Waals surface area (Å²) < 4.78 is 19.5. The third-order valence-corrected chi connectivity index (χ3v) is 4.23. The van der Waals surface area contributed by atoms with Crippen LogP contribution in [0, 0.1) is 0 Å². The van der Waals surface area contributed by atoms with E-state index in [4.69, 9.17) is 10.00 Å². The molecule has 0 fully saturated rings. The molecule has 0 aliphatic carbocycles. The average Bonchev–Trinajstić information content (AvgIpc) is 2.11. The second-order valence-electron chi connectivity index (χ2n) is 1.85. The molecule has 0 aromatic carbocycles. The van der Waals surface area contributed by atoms with Gasteiger partial charge in [-0.25, -0.2) is 4.57 Å². The van der Waals surface area contributed by atoms with Gasteiger partial charge in [0.1, 0.15) is 0 Å². The quantitative estimate of drug-likeness (QED) is 0.378. The van der Waals surface area contributed by atoms with Crippen LogP contribution in [0.15, 0.2) is 0 Å². The lowest BCUT2D eigenvalue weighted by Crippen LogP contribution is -1.96. The fourth-order valence-corrected chi connectivity index (χ4v) is 2.54. The first kappa shape index (κ1) is 13.8. The number of aliphatic hydroxyl groups excluding tert-OH is 1. The Morgan fingerprint density at radius 3 is 2.54 bits per heavy atom. The van der Waals surface area contributed by atoms with Crippen molar-refractivity contribution in [1.29, 1.82) is 0 Å². The van der Waals surface area contributed by atoms with Gasteiger partial charge in [0.15, 0.2) is 0 Å². The molecule has 0 bridgehead atoms. The monoisotopic (exact) mass is 248 g/mol. The number of rotatable bonds is 8. The molecule has 2 N–H and O–H groups in total. The zero-order valence-electron chi connectivity index (χ0n) is 7.21. The minimum Gasteiger partial charge on any atom is -0.395 e. The molecule has 0 radical (unpaired) electrons. The predicted octanol–water partition coefficient (Wildman–Crippen LogP) is 1.12. The van der Waals surface area contributed by atoms with Crippen molar-refractivity contribution in [1.82, 2.24) is 0 Å². The third kappa shape index (κ3) is 9.08. The average molecular weight is 248 g/mol. The maximum absolute atomic E-state index is 10.7. The van der Waals surface area contributed by atoms with E-state index in [9.17, 15) is 4.57 Å². The second-order valence-corrected chi connectivity index (χ2v) is 6.11. The molecule has 0 aliphatic heterocycles. The van der Waals surface area contributed by atoms with Gasteiger partial charge in [0, 0.05) is 18.6 Å². The molecule has 0 aromatic heterocycles. The van der Waals surface area contributed by atoms with Crippen LogP contribution in [-0.4, -0.2) is 41.8 Å². The maximum Gasteiger partial charge on any atom is 0.471 e. The highest BCUT2D eigenvalue weighted by Crippen LogP contribution is 2.42. The van der Waals surface area contributed by atoms with Crippen molar-refractivity contribution >= 4 is 29.4 Å². The lowest BCUT2D eigenvalue weighted by atomic mass is 10.9. The third-order valence-electron chi connectivity index (χ3n) is 0.910. The van der Waals surface area contributed by atoms with E-state index in [1.165, 1.54) is 21.6 Å². The molecule has 5 nitrogen and oxygen atoms in total. The molecule has 0 saturated carbocycles. The van der Waals surface area contributed by atoms with E-state index in [0.717, 1.165) is 7.11 Å². The number of aliphatic hydroxyl groups is 1. The molecule has 0 aromatic rings. The van der Waals surface area contributed by atoms with Crippen molar-refractivity contribution in [2.45, 2.75) is 0 Å². The van der Waals surface area contributed by atoms with E-state index < -0.39 is 7.82 Å². The number of phosphoric acid groups is 1. The summed E-state index contributed by atoms with van der Waals surface area (Å²) in [5.74, 6) is 1.23. The van der Waals surface area contributed by atoms with Crippen LogP contribution >= 0.6 is 29.4 Å². The van der Waals surface area contributed by atoms with Crippen LogP contribution in [-0.2, 0) is 13.6 Å². The maximum atomic E-state index is 10.7. The van der Waals surface area contributed by atoms with Crippen molar-refractivity contribution in [3.63, 3.8) is 0 Å². The van der Waals surface area contributed by atoms with Gasteiger partial charge in [-0.15, -0.1) is 0 Å². The molecule has 0 amide bonds. The van der Waals surface area contributed by atoms with Crippen LogP contribution in [0.4, 0.5) is 0 Å². The van der Waals surface area contributed by atoms with Crippen molar-refractivity contribution < 1.29 is 23.6 Å². The highest BCUT2D eigenvalue weighted by molar-refractivity contribution is 8.76. The molecule has 1 unspecified atom stereocenters. The molecule has 0 heterocycles. The van der Waals surface area contributed by atoms with Gasteiger partial charge >= 0.3 is 7.82 Å². The minimum absolute atomic E-state index is 0.134. The zero-order valence-corrected chi connectivity index (χ0v) is 9.74. The van der Waals surface area contributed by atoms with E-state index in [0.29, 0.717) is 11.5 Å². The van der Waals surface area contributed by atoms with Gasteiger partial charge in [-0.1, -0.05) is 21.6 Å². The second kappa shape index (κ2) is 8.11. The Morgan fingerprint density at radius 2 is 2.00 bits per heavy atom. The number of hydrogen-bond donors (Lipinski definition) is 2. The molecule has 8 heteroatoms. The van der Waals surface area contributed by atoms with Gasteiger partial charge in [-0.3, -0.25) is 9.05 Å². The Morgan fingerprint density at radius 1 is 1.38 bits per heavy atom. The van der Waals surface area contributed by atoms with Crippen molar-refractivity contribution in [3.8, 4) is 0 Å². The minimum atomic E-state index is -3.80. The van der Waals surface area contributed by atoms with Crippen LogP contribution in [0.2, 0.25) is 0 Å². The first-order chi connectivity index (χ1) is 6.12. The van der Waals surface area contributed by atoms with Gasteiger partial charge in [0.05, 0.1) is 13.2 Å². The van der Waals surface area contributed by atoms with E-state index >= 15 is 0 Å². The van der Waals surface area contributed by atoms with E-state index in [1.54, 1.807) is 0 Å². The Kier molecular flexibility index (Phi) is 8.59. The summed E-state index contributed by atoms with van der Waals surface area (Å²) in [4.78, 5) is 8.78. The van der Waals surface area contributed by atoms with Crippen LogP contribution in [0.1, 0.15) is 0 Å². The van der Waals surface area contributed by atoms with Crippen molar-refractivity contribution in [2.75, 3.05) is 31.8 Å². The largest absolute Gasteiger partial charge is 0.471 e. The molecule has 1 atom stereocenters. The lowest BCUT2D eigenvalue weighted by molar-refractivity contribution is 0.182. The Hall–Kier alpha value is 0.770. The summed E-state index contributed by atoms with van der Waals surface area (Å²) in [5.41, 5.74) is 0. The first-order valence-electron chi connectivity index (χ1n) is 3.50. The van der Waals surface area contributed by atoms with Crippen LogP contribution in [0.5, 0.6) is 0 Å². The van der Waals surface area contributed by atoms with Crippen LogP contribution in [0.25, 0.3) is 0 Å². The molecule has 0 saturated heterocycles. The molecular weight excluding hydrogens is 235 g/mol. The number of hydrogen-bond acceptors (Lipinski definition) is 6. The molecular formula is C5H13O5PS2. The van der Waals surface area contributed by atoms with Crippen molar-refractivity contribution in [2.24, 2.45) is 0 Å². The molecule has 0 aliphatic rings. The molecule has 0 spiro atoms. The predicted molar refractivity (Wildman–Crippen MR) is 54.8 cm³/mol. The molecule has 0 rings (SSSR count). The first-order valence-corrected chi connectivity index (χ1v) is 7.49. The Balaban J connectivity index is 3.21. The summed E-state index contributed by atoms with van der Waals surface area (Å²) in [6, 6.07) is 0. The Bertz CT molecular complexity index is 167. The van der Waals surface area contributed by atoms with Gasteiger partial charge in [0.2, 0.25) is 0 Å². The fraction of sp³-hybridized carbons (Fsp3) is 1.00. The highest BCUT2D eigenvalue weighted by Gasteiger charge is 2.17. The topological polar surface area (TPSA) is 76.0 Å². The smallest absolute Gasteiger partial charge is 0.395 e. The summed E-state index contributed by atoms with van der Waals surface area (Å²) in [6.07, 6.45) is 0. The Labute approximate surface area is 85.2 Å². The highest BCUT2D eigenvalue weighted by atomic mass is 33.1. The summed E-state index contributed by atoms with van der Waals surface area (Å²) >= 11 is 0. The SMILES string of the molecule is COP(=O)(O)OCCSSCCO. The standard InChI is InChI=1S/C5H13O5PS2/c1-9-11(7,8)10-3-5-13-12-4-2-6/h6H,2-5H2,1H3,(H,7,8). The molecule has 13 heavy (non-hydrogen) atoms. The lowest BCUT2D eigenvalue weighted by Gasteiger charge is -2.07. The summed E-state index contributed by atoms with van der Waals surface area (Å²) in [7, 11) is 0.277. The van der Waals surface area contributed by atoms with Gasteiger partial charge in [0.25, 0.3) is 0 Å². The summed E-state index contributed by atoms with van der Waals surface area (Å²) in [6.45, 7) is 0.291. The molecule has 80 valence electrons. The van der Waals surface area contributed by atoms with E-state index in [-0.39, 0.29) is 13.2 Å². The van der Waals surface area contributed by atoms with Crippen molar-refractivity contribution in [3.05, 3.63) is 0 Å². The normalized spacial score (nSPS) is 15.6. The van der Waals surface area contributed by atoms with Gasteiger partial charge < -0.3 is 10.00 Å². The number of phosphoric ester groups is 1. The fourth-order valence-electron chi connectivity index (χ4n) is 0.394. The van der Waals surface area contributed by atoms with Gasteiger partial charge in [-0.05, 0) is 0 Å². The van der Waals surface area contributed by atoms with E-state index in [2.05, 4.69) is 9.05 Å². The van der Waals surface area contributed by atoms with Crippen LogP contribution < -0.4 is 0 Å². The van der Waals surface area contributed by atoms with Crippen LogP contribution in [0.3, 0.4) is 0 Å².